The fourth-order valence-electron chi connectivity index (χ4n) is 4.48. The lowest BCUT2D eigenvalue weighted by molar-refractivity contribution is -0.137. The summed E-state index contributed by atoms with van der Waals surface area (Å²) in [6.07, 6.45) is -2.98. The topological polar surface area (TPSA) is 71.1 Å². The SMILES string of the molecule is COc1ccc(OC)c([C@H]2SCC(=O)N2CC2CCN(C(=O)Nc3ccc(C(F)(F)F)cc3)CC2)c1. The van der Waals surface area contributed by atoms with Gasteiger partial charge in [-0.2, -0.15) is 13.2 Å². The maximum Gasteiger partial charge on any atom is 0.416 e. The second kappa shape index (κ2) is 10.9. The molecule has 7 nitrogen and oxygen atoms in total. The number of alkyl halides is 3. The van der Waals surface area contributed by atoms with Crippen LogP contribution in [0.3, 0.4) is 0 Å². The van der Waals surface area contributed by atoms with Crippen LogP contribution < -0.4 is 14.8 Å². The van der Waals surface area contributed by atoms with Gasteiger partial charge in [0.25, 0.3) is 0 Å². The number of urea groups is 1. The van der Waals surface area contributed by atoms with E-state index in [4.69, 9.17) is 9.47 Å². The van der Waals surface area contributed by atoms with Crippen LogP contribution in [0.25, 0.3) is 0 Å². The van der Waals surface area contributed by atoms with Crippen molar-refractivity contribution >= 4 is 29.4 Å². The lowest BCUT2D eigenvalue weighted by atomic mass is 9.96. The van der Waals surface area contributed by atoms with Crippen LogP contribution in [0.5, 0.6) is 11.5 Å². The minimum atomic E-state index is -4.42. The highest BCUT2D eigenvalue weighted by Crippen LogP contribution is 2.44. The maximum absolute atomic E-state index is 12.7. The van der Waals surface area contributed by atoms with Gasteiger partial charge in [-0.15, -0.1) is 11.8 Å². The molecule has 0 unspecified atom stereocenters. The zero-order chi connectivity index (χ0) is 25.9. The maximum atomic E-state index is 12.7. The van der Waals surface area contributed by atoms with Gasteiger partial charge in [0.05, 0.1) is 25.5 Å². The molecule has 2 heterocycles. The third-order valence-electron chi connectivity index (χ3n) is 6.49. The Morgan fingerprint density at radius 2 is 1.78 bits per heavy atom. The number of carbonyl (C=O) groups is 2. The van der Waals surface area contributed by atoms with E-state index in [1.165, 1.54) is 12.1 Å². The van der Waals surface area contributed by atoms with E-state index in [2.05, 4.69) is 5.32 Å². The smallest absolute Gasteiger partial charge is 0.416 e. The summed E-state index contributed by atoms with van der Waals surface area (Å²) in [6.45, 7) is 1.57. The first-order valence-electron chi connectivity index (χ1n) is 11.6. The largest absolute Gasteiger partial charge is 0.497 e. The number of rotatable bonds is 6. The van der Waals surface area contributed by atoms with Crippen LogP contribution in [0.1, 0.15) is 29.3 Å². The number of likely N-dealkylation sites (tertiary alicyclic amines) is 1. The number of methoxy groups -OCH3 is 2. The van der Waals surface area contributed by atoms with Crippen molar-refractivity contribution < 1.29 is 32.2 Å². The van der Waals surface area contributed by atoms with Crippen molar-refractivity contribution in [2.45, 2.75) is 24.4 Å². The van der Waals surface area contributed by atoms with Gasteiger partial charge in [0, 0.05) is 30.9 Å². The van der Waals surface area contributed by atoms with Crippen molar-refractivity contribution in [1.82, 2.24) is 9.80 Å². The molecule has 2 saturated heterocycles. The predicted octanol–water partition coefficient (Wildman–Crippen LogP) is 5.24. The second-order valence-electron chi connectivity index (χ2n) is 8.75. The number of nitrogens with one attached hydrogen (secondary N) is 1. The van der Waals surface area contributed by atoms with E-state index in [-0.39, 0.29) is 23.2 Å². The Hall–Kier alpha value is -3.08. The molecule has 2 aliphatic heterocycles. The van der Waals surface area contributed by atoms with Gasteiger partial charge in [0.1, 0.15) is 16.9 Å². The molecule has 3 amide bonds. The highest BCUT2D eigenvalue weighted by molar-refractivity contribution is 8.00. The number of halogens is 3. The number of ether oxygens (including phenoxy) is 2. The van der Waals surface area contributed by atoms with Crippen LogP contribution in [0.2, 0.25) is 0 Å². The third kappa shape index (κ3) is 5.83. The van der Waals surface area contributed by atoms with Crippen LogP contribution in [-0.2, 0) is 11.0 Å². The van der Waals surface area contributed by atoms with Gasteiger partial charge in [-0.05, 0) is 61.2 Å². The lowest BCUT2D eigenvalue weighted by Crippen LogP contribution is -2.44. The van der Waals surface area contributed by atoms with Gasteiger partial charge in [0.2, 0.25) is 5.91 Å². The molecular weight excluding hydrogens is 495 g/mol. The molecule has 1 atom stereocenters. The Balaban J connectivity index is 1.34. The van der Waals surface area contributed by atoms with Crippen LogP contribution in [0.4, 0.5) is 23.7 Å². The van der Waals surface area contributed by atoms with Crippen LogP contribution in [0, 0.1) is 5.92 Å². The summed E-state index contributed by atoms with van der Waals surface area (Å²) in [5, 5.41) is 2.49. The predicted molar refractivity (Wildman–Crippen MR) is 131 cm³/mol. The molecule has 0 bridgehead atoms. The number of hydrogen-bond acceptors (Lipinski definition) is 5. The van der Waals surface area contributed by atoms with Gasteiger partial charge in [-0.1, -0.05) is 0 Å². The van der Waals surface area contributed by atoms with Crippen LogP contribution in [0.15, 0.2) is 42.5 Å². The molecule has 2 fully saturated rings. The summed E-state index contributed by atoms with van der Waals surface area (Å²) in [5.41, 5.74) is 0.437. The molecule has 0 radical (unpaired) electrons. The molecule has 0 saturated carbocycles. The van der Waals surface area contributed by atoms with E-state index in [0.29, 0.717) is 42.6 Å². The van der Waals surface area contributed by atoms with Gasteiger partial charge < -0.3 is 24.6 Å². The van der Waals surface area contributed by atoms with Gasteiger partial charge in [-0.3, -0.25) is 4.79 Å². The molecule has 2 aromatic rings. The van der Waals surface area contributed by atoms with Crippen LogP contribution >= 0.6 is 11.8 Å². The standard InChI is InChI=1S/C25H28F3N3O4S/c1-34-19-7-8-21(35-2)20(13-19)23-31(22(32)15-36-23)14-16-9-11-30(12-10-16)24(33)29-18-5-3-17(4-6-18)25(26,27)28/h3-8,13,16,23H,9-12,14-15H2,1-2H3,(H,29,33)/t23-/m1/s1. The Bertz CT molecular complexity index is 1090. The fraction of sp³-hybridized carbons (Fsp3) is 0.440. The first-order valence-corrected chi connectivity index (χ1v) is 12.6. The zero-order valence-electron chi connectivity index (χ0n) is 20.0. The molecule has 2 aromatic carbocycles. The van der Waals surface area contributed by atoms with Crippen molar-refractivity contribution in [2.75, 3.05) is 44.9 Å². The molecule has 194 valence electrons. The number of piperidine rings is 1. The number of hydrogen-bond donors (Lipinski definition) is 1. The van der Waals surface area contributed by atoms with Gasteiger partial charge in [0.15, 0.2) is 0 Å². The average Bonchev–Trinajstić information content (AvgIpc) is 3.23. The number of amides is 3. The Kier molecular flexibility index (Phi) is 7.87. The fourth-order valence-corrected chi connectivity index (χ4v) is 5.70. The average molecular weight is 524 g/mol. The molecule has 1 N–H and O–H groups in total. The Morgan fingerprint density at radius 3 is 2.39 bits per heavy atom. The van der Waals surface area contributed by atoms with E-state index in [1.807, 2.05) is 23.1 Å². The first kappa shape index (κ1) is 26.0. The van der Waals surface area contributed by atoms with Crippen molar-refractivity contribution in [3.05, 3.63) is 53.6 Å². The quantitative estimate of drug-likeness (QED) is 0.561. The molecule has 2 aliphatic rings. The van der Waals surface area contributed by atoms with Gasteiger partial charge >= 0.3 is 12.2 Å². The summed E-state index contributed by atoms with van der Waals surface area (Å²) >= 11 is 1.55. The summed E-state index contributed by atoms with van der Waals surface area (Å²) in [4.78, 5) is 28.9. The van der Waals surface area contributed by atoms with Crippen LogP contribution in [-0.4, -0.2) is 61.3 Å². The molecule has 36 heavy (non-hydrogen) atoms. The summed E-state index contributed by atoms with van der Waals surface area (Å²) in [6, 6.07) is 9.59. The molecule has 11 heteroatoms. The van der Waals surface area contributed by atoms with E-state index in [0.717, 1.165) is 30.5 Å². The van der Waals surface area contributed by atoms with E-state index < -0.39 is 11.7 Å². The lowest BCUT2D eigenvalue weighted by Gasteiger charge is -2.35. The zero-order valence-corrected chi connectivity index (χ0v) is 20.8. The van der Waals surface area contributed by atoms with Crippen molar-refractivity contribution in [3.8, 4) is 11.5 Å². The number of thioether (sulfide) groups is 1. The number of carbonyl (C=O) groups excluding carboxylic acids is 2. The normalized spacial score (nSPS) is 18.9. The number of benzene rings is 2. The summed E-state index contributed by atoms with van der Waals surface area (Å²) < 4.78 is 49.1. The van der Waals surface area contributed by atoms with Crippen molar-refractivity contribution in [1.29, 1.82) is 0 Å². The molecule has 4 rings (SSSR count). The summed E-state index contributed by atoms with van der Waals surface area (Å²) in [5.74, 6) is 2.07. The molecular formula is C25H28F3N3O4S. The van der Waals surface area contributed by atoms with Crippen molar-refractivity contribution in [2.24, 2.45) is 5.92 Å². The Labute approximate surface area is 211 Å². The third-order valence-corrected chi connectivity index (χ3v) is 7.73. The highest BCUT2D eigenvalue weighted by atomic mass is 32.2. The molecule has 0 aliphatic carbocycles. The highest BCUT2D eigenvalue weighted by Gasteiger charge is 2.37. The summed E-state index contributed by atoms with van der Waals surface area (Å²) in [7, 11) is 3.19. The monoisotopic (exact) mass is 523 g/mol. The minimum Gasteiger partial charge on any atom is -0.497 e. The van der Waals surface area contributed by atoms with Crippen molar-refractivity contribution in [3.63, 3.8) is 0 Å². The molecule has 0 spiro atoms. The van der Waals surface area contributed by atoms with E-state index in [1.54, 1.807) is 30.9 Å². The van der Waals surface area contributed by atoms with Gasteiger partial charge in [-0.25, -0.2) is 4.79 Å². The number of anilines is 1. The number of nitrogens with zero attached hydrogens (tertiary/aromatic N) is 2. The molecule has 0 aromatic heterocycles. The first-order chi connectivity index (χ1) is 17.2. The van der Waals surface area contributed by atoms with E-state index in [9.17, 15) is 22.8 Å². The Morgan fingerprint density at radius 1 is 1.08 bits per heavy atom. The second-order valence-corrected chi connectivity index (χ2v) is 9.82. The minimum absolute atomic E-state index is 0.0670. The van der Waals surface area contributed by atoms with E-state index >= 15 is 0 Å².